The van der Waals surface area contributed by atoms with Gasteiger partial charge in [-0.3, -0.25) is 23.5 Å². The number of para-hydroxylation sites is 1. The predicted octanol–water partition coefficient (Wildman–Crippen LogP) is 15.7. The van der Waals surface area contributed by atoms with Crippen molar-refractivity contribution in [3.63, 3.8) is 0 Å². The minimum Gasteiger partial charge on any atom is -0.462 e. The van der Waals surface area contributed by atoms with Gasteiger partial charge in [-0.1, -0.05) is 217 Å². The minimum absolute atomic E-state index is 0.0391. The molecule has 1 aliphatic rings. The van der Waals surface area contributed by atoms with Gasteiger partial charge < -0.3 is 24.1 Å². The van der Waals surface area contributed by atoms with Crippen LogP contribution in [0.2, 0.25) is 0 Å². The SMILES string of the molecule is CCCCCCCCCCCCCCCCCC(=O)Nc1ccn([C@@H]2O[C@H](COP(=O)(N[C@@H](C)C(=O)OC(C)C)Oc3ccccc3)[C@@H](OC(=O)CCCCCCCCCCCCCCCCC)[C@@]2(C)N=[N+]=[N-])c(=O)n1. The summed E-state index contributed by atoms with van der Waals surface area (Å²) in [6.07, 6.45) is 33.1. The van der Waals surface area contributed by atoms with Crippen LogP contribution in [0.4, 0.5) is 5.82 Å². The summed E-state index contributed by atoms with van der Waals surface area (Å²) in [6, 6.07) is 8.49. The molecule has 0 bridgehead atoms. The van der Waals surface area contributed by atoms with Crippen LogP contribution < -0.4 is 20.6 Å². The van der Waals surface area contributed by atoms with Gasteiger partial charge in [-0.25, -0.2) is 9.36 Å². The van der Waals surface area contributed by atoms with Gasteiger partial charge in [0.15, 0.2) is 6.23 Å². The van der Waals surface area contributed by atoms with Crippen molar-refractivity contribution in [2.75, 3.05) is 11.9 Å². The normalized spacial score (nSPS) is 18.4. The summed E-state index contributed by atoms with van der Waals surface area (Å²) < 4.78 is 45.4. The summed E-state index contributed by atoms with van der Waals surface area (Å²) in [5, 5.41) is 9.45. The van der Waals surface area contributed by atoms with Gasteiger partial charge >= 0.3 is 25.4 Å². The minimum atomic E-state index is -4.45. The van der Waals surface area contributed by atoms with Crippen LogP contribution >= 0.6 is 7.75 Å². The number of carbonyl (C=O) groups excluding carboxylic acids is 3. The van der Waals surface area contributed by atoms with Crippen LogP contribution in [-0.2, 0) is 37.7 Å². The number of aromatic nitrogens is 2. The lowest BCUT2D eigenvalue weighted by molar-refractivity contribution is -0.155. The average Bonchev–Trinajstić information content (AvgIpc) is 3.65. The van der Waals surface area contributed by atoms with Gasteiger partial charge in [-0.05, 0) is 64.3 Å². The number of ether oxygens (including phenoxy) is 3. The first-order valence-corrected chi connectivity index (χ1v) is 31.1. The number of nitrogens with one attached hydrogen (secondary N) is 2. The lowest BCUT2D eigenvalue weighted by Crippen LogP contribution is -2.47. The van der Waals surface area contributed by atoms with Crippen LogP contribution in [0.5, 0.6) is 5.75 Å². The number of anilines is 1. The molecule has 0 spiro atoms. The molecule has 18 heteroatoms. The Balaban J connectivity index is 1.66. The van der Waals surface area contributed by atoms with Crippen LogP contribution in [0.1, 0.15) is 253 Å². The number of amides is 1. The van der Waals surface area contributed by atoms with Crippen molar-refractivity contribution in [3.8, 4) is 5.75 Å². The maximum Gasteiger partial charge on any atom is 0.459 e. The Morgan fingerprint density at radius 3 is 1.67 bits per heavy atom. The number of hydrogen-bond acceptors (Lipinski definition) is 12. The molecule has 76 heavy (non-hydrogen) atoms. The van der Waals surface area contributed by atoms with E-state index in [2.05, 4.69) is 39.3 Å². The largest absolute Gasteiger partial charge is 0.462 e. The summed E-state index contributed by atoms with van der Waals surface area (Å²) in [6.45, 7) is 10.2. The molecule has 2 N–H and O–H groups in total. The Labute approximate surface area is 456 Å². The number of esters is 2. The molecule has 0 saturated carbocycles. The molecular formula is C58H98N7O10P. The highest BCUT2D eigenvalue weighted by molar-refractivity contribution is 7.52. The second kappa shape index (κ2) is 39.1. The molecule has 1 unspecified atom stereocenters. The van der Waals surface area contributed by atoms with E-state index in [1.165, 1.54) is 161 Å². The highest BCUT2D eigenvalue weighted by atomic mass is 31.2. The third kappa shape index (κ3) is 26.9. The molecule has 0 radical (unpaired) electrons. The van der Waals surface area contributed by atoms with E-state index in [4.69, 9.17) is 23.3 Å². The summed E-state index contributed by atoms with van der Waals surface area (Å²) in [5.41, 5.74) is 7.35. The fourth-order valence-electron chi connectivity index (χ4n) is 9.63. The molecule has 1 fully saturated rings. The number of azide groups is 1. The fourth-order valence-corrected chi connectivity index (χ4v) is 11.1. The number of benzene rings is 1. The monoisotopic (exact) mass is 1080 g/mol. The molecule has 3 rings (SSSR count). The van der Waals surface area contributed by atoms with Crippen LogP contribution in [0.15, 0.2) is 52.5 Å². The molecule has 17 nitrogen and oxygen atoms in total. The first kappa shape index (κ1) is 66.0. The Kier molecular flexibility index (Phi) is 34.0. The molecule has 1 amide bonds. The zero-order valence-electron chi connectivity index (χ0n) is 47.5. The first-order chi connectivity index (χ1) is 36.7. The van der Waals surface area contributed by atoms with E-state index in [1.807, 2.05) is 0 Å². The van der Waals surface area contributed by atoms with Gasteiger partial charge in [-0.2, -0.15) is 10.1 Å². The number of nitrogens with zero attached hydrogens (tertiary/aromatic N) is 5. The van der Waals surface area contributed by atoms with E-state index < -0.39 is 68.1 Å². The van der Waals surface area contributed by atoms with Gasteiger partial charge in [0.1, 0.15) is 35.4 Å². The summed E-state index contributed by atoms with van der Waals surface area (Å²) in [4.78, 5) is 60.6. The summed E-state index contributed by atoms with van der Waals surface area (Å²) in [7, 11) is -4.45. The van der Waals surface area contributed by atoms with Crippen LogP contribution in [0.25, 0.3) is 10.4 Å². The quantitative estimate of drug-likeness (QED) is 0.0158. The molecule has 1 aromatic carbocycles. The van der Waals surface area contributed by atoms with Crippen LogP contribution in [0.3, 0.4) is 0 Å². The van der Waals surface area contributed by atoms with Crippen molar-refractivity contribution in [1.29, 1.82) is 0 Å². The van der Waals surface area contributed by atoms with Gasteiger partial charge in [0.2, 0.25) is 5.91 Å². The molecule has 2 aromatic rings. The van der Waals surface area contributed by atoms with E-state index in [9.17, 15) is 29.3 Å². The predicted molar refractivity (Wildman–Crippen MR) is 302 cm³/mol. The molecule has 1 aliphatic heterocycles. The molecule has 2 heterocycles. The third-order valence-electron chi connectivity index (χ3n) is 14.0. The van der Waals surface area contributed by atoms with Crippen molar-refractivity contribution in [3.05, 3.63) is 63.5 Å². The number of hydrogen-bond donors (Lipinski definition) is 2. The Morgan fingerprint density at radius 1 is 0.737 bits per heavy atom. The molecule has 6 atom stereocenters. The maximum absolute atomic E-state index is 14.5. The zero-order valence-corrected chi connectivity index (χ0v) is 48.4. The van der Waals surface area contributed by atoms with E-state index in [0.29, 0.717) is 12.8 Å². The van der Waals surface area contributed by atoms with Crippen molar-refractivity contribution >= 4 is 31.4 Å². The summed E-state index contributed by atoms with van der Waals surface area (Å²) in [5.74, 6) is -1.35. The molecule has 430 valence electrons. The standard InChI is InChI=1S/C58H98N7O10P/c1-7-9-11-13-15-17-19-21-23-25-27-29-31-33-38-42-52(66)60-51-44-45-65(57(69)61-51)56-58(6,63-64-59)54(74-53(67)43-39-34-32-30-28-26-24-22-20-18-16-14-12-10-8-2)50(73-56)46-71-76(70,75-49-40-36-35-37-41-49)62-48(5)55(68)72-47(3)4/h35-37,40-41,44-45,47-48,50,54,56H,7-34,38-39,42-43,46H2,1-6H3,(H,62,70)(H,60,61,66,69)/t48-,50+,54+,56+,58+,76?/m0/s1. The highest BCUT2D eigenvalue weighted by Crippen LogP contribution is 2.48. The van der Waals surface area contributed by atoms with Gasteiger partial charge in [0.05, 0.1) is 12.7 Å². The first-order valence-electron chi connectivity index (χ1n) is 29.5. The van der Waals surface area contributed by atoms with Crippen LogP contribution in [0, 0.1) is 0 Å². The Hall–Kier alpha value is -4.27. The van der Waals surface area contributed by atoms with Gasteiger partial charge in [0.25, 0.3) is 0 Å². The maximum atomic E-state index is 14.5. The van der Waals surface area contributed by atoms with Crippen molar-refractivity contribution in [1.82, 2.24) is 14.6 Å². The van der Waals surface area contributed by atoms with E-state index >= 15 is 0 Å². The van der Waals surface area contributed by atoms with Crippen molar-refractivity contribution in [2.45, 2.75) is 283 Å². The molecule has 1 aromatic heterocycles. The third-order valence-corrected chi connectivity index (χ3v) is 15.7. The molecular weight excluding hydrogens is 986 g/mol. The number of unbranched alkanes of at least 4 members (excludes halogenated alkanes) is 28. The Bertz CT molecular complexity index is 2070. The van der Waals surface area contributed by atoms with Crippen LogP contribution in [-0.4, -0.2) is 63.9 Å². The zero-order chi connectivity index (χ0) is 55.3. The van der Waals surface area contributed by atoms with Crippen molar-refractivity contribution in [2.24, 2.45) is 5.11 Å². The smallest absolute Gasteiger partial charge is 0.459 e. The average molecular weight is 1080 g/mol. The van der Waals surface area contributed by atoms with E-state index in [1.54, 1.807) is 44.2 Å². The van der Waals surface area contributed by atoms with Gasteiger partial charge in [0, 0.05) is 24.0 Å². The molecule has 0 aliphatic carbocycles. The second-order valence-corrected chi connectivity index (χ2v) is 23.0. The highest BCUT2D eigenvalue weighted by Gasteiger charge is 2.57. The number of rotatable bonds is 45. The van der Waals surface area contributed by atoms with Gasteiger partial charge in [-0.15, -0.1) is 0 Å². The lowest BCUT2D eigenvalue weighted by Gasteiger charge is -2.31. The Morgan fingerprint density at radius 2 is 1.21 bits per heavy atom. The second-order valence-electron chi connectivity index (χ2n) is 21.3. The summed E-state index contributed by atoms with van der Waals surface area (Å²) >= 11 is 0. The van der Waals surface area contributed by atoms with E-state index in [0.717, 1.165) is 49.5 Å². The topological polar surface area (TPSA) is 222 Å². The lowest BCUT2D eigenvalue weighted by atomic mass is 9.93. The molecule has 1 saturated heterocycles. The number of carbonyl (C=O) groups is 3. The fraction of sp³-hybridized carbons (Fsp3) is 0.776. The van der Waals surface area contributed by atoms with E-state index in [-0.39, 0.29) is 30.3 Å². The van der Waals surface area contributed by atoms with Crippen molar-refractivity contribution < 1.29 is 42.2 Å².